The highest BCUT2D eigenvalue weighted by Gasteiger charge is 2.22. The summed E-state index contributed by atoms with van der Waals surface area (Å²) in [6.45, 7) is 0. The average Bonchev–Trinajstić information content (AvgIpc) is 3.73. The third-order valence-corrected chi connectivity index (χ3v) is 10.8. The van der Waals surface area contributed by atoms with Crippen molar-refractivity contribution in [2.45, 2.75) is 25.3 Å². The Hall–Kier alpha value is -7.44. The lowest BCUT2D eigenvalue weighted by Gasteiger charge is -2.22. The first kappa shape index (κ1) is 35.0. The summed E-state index contributed by atoms with van der Waals surface area (Å²) >= 11 is 0. The van der Waals surface area contributed by atoms with Gasteiger partial charge in [0.25, 0.3) is 0 Å². The van der Waals surface area contributed by atoms with Gasteiger partial charge in [-0.25, -0.2) is 19.9 Å². The molecule has 6 heteroatoms. The normalized spacial score (nSPS) is 15.4. The van der Waals surface area contributed by atoms with Crippen LogP contribution in [0.3, 0.4) is 0 Å². The molecule has 1 unspecified atom stereocenters. The Morgan fingerprint density at radius 2 is 1.05 bits per heavy atom. The number of hydrogen-bond acceptors (Lipinski definition) is 6. The maximum Gasteiger partial charge on any atom is 0.164 e. The van der Waals surface area contributed by atoms with Crippen LogP contribution in [-0.4, -0.2) is 20.8 Å². The molecule has 1 aliphatic rings. The molecular formula is C52H39N5O. The molecule has 58 heavy (non-hydrogen) atoms. The van der Waals surface area contributed by atoms with Crippen LogP contribution in [0.5, 0.6) is 0 Å². The minimum atomic E-state index is 0.0930. The number of furan rings is 1. The van der Waals surface area contributed by atoms with Crippen molar-refractivity contribution in [2.75, 3.05) is 0 Å². The molecule has 6 nitrogen and oxygen atoms in total. The fourth-order valence-corrected chi connectivity index (χ4v) is 7.84. The predicted octanol–water partition coefficient (Wildman–Crippen LogP) is 12.7. The SMILES string of the molecule is C1=C(/c2ccccc2)N=C(c2cccc3oc4ccc(-c5cccc(-c6nc(-c7ccccc7)nc(-c7ccccc7)n6)c5)cc4c23)NC(c2ccccc2)CCC/1. The highest BCUT2D eigenvalue weighted by Crippen LogP contribution is 2.37. The standard InChI is InChI=1S/C52H39N5O/c1-5-17-35(18-6-1)44-28-13-14-29-45(36-19-7-2-8-20-36)54-52(53-44)42-27-16-30-47-48(42)43-34-40(31-32-46(43)58-47)39-25-15-26-41(33-39)51-56-49(37-21-9-3-10-22-37)55-50(57-51)38-23-11-4-12-24-38/h1-12,15-28,30-34,45H,13-14,29H2,(H,53,54)/b44-28-. The molecule has 0 saturated carbocycles. The van der Waals surface area contributed by atoms with Gasteiger partial charge in [-0.2, -0.15) is 0 Å². The van der Waals surface area contributed by atoms with Crippen molar-refractivity contribution in [3.63, 3.8) is 0 Å². The zero-order valence-corrected chi connectivity index (χ0v) is 31.8. The minimum Gasteiger partial charge on any atom is -0.456 e. The zero-order valence-electron chi connectivity index (χ0n) is 31.8. The van der Waals surface area contributed by atoms with Gasteiger partial charge in [0.1, 0.15) is 17.0 Å². The number of benzene rings is 7. The van der Waals surface area contributed by atoms with Gasteiger partial charge in [-0.15, -0.1) is 0 Å². The van der Waals surface area contributed by atoms with E-state index >= 15 is 0 Å². The van der Waals surface area contributed by atoms with E-state index in [0.29, 0.717) is 17.5 Å². The summed E-state index contributed by atoms with van der Waals surface area (Å²) in [5.41, 5.74) is 10.8. The Morgan fingerprint density at radius 1 is 0.483 bits per heavy atom. The summed E-state index contributed by atoms with van der Waals surface area (Å²) in [4.78, 5) is 20.3. The molecule has 0 radical (unpaired) electrons. The van der Waals surface area contributed by atoms with Gasteiger partial charge in [0.05, 0.1) is 11.7 Å². The number of aliphatic imine (C=N–C) groups is 1. The summed E-state index contributed by atoms with van der Waals surface area (Å²) in [5.74, 6) is 2.71. The van der Waals surface area contributed by atoms with E-state index in [1.807, 2.05) is 72.8 Å². The van der Waals surface area contributed by atoms with Gasteiger partial charge in [-0.3, -0.25) is 0 Å². The van der Waals surface area contributed by atoms with Crippen LogP contribution < -0.4 is 5.32 Å². The number of hydrogen-bond donors (Lipinski definition) is 1. The van der Waals surface area contributed by atoms with Gasteiger partial charge < -0.3 is 9.73 Å². The molecule has 0 amide bonds. The summed E-state index contributed by atoms with van der Waals surface area (Å²) in [7, 11) is 0. The van der Waals surface area contributed by atoms with Crippen LogP contribution in [0.4, 0.5) is 0 Å². The van der Waals surface area contributed by atoms with Crippen molar-refractivity contribution in [3.8, 4) is 45.3 Å². The second-order valence-electron chi connectivity index (χ2n) is 14.6. The van der Waals surface area contributed by atoms with Gasteiger partial charge >= 0.3 is 0 Å². The maximum absolute atomic E-state index is 6.56. The van der Waals surface area contributed by atoms with Gasteiger partial charge in [-0.1, -0.05) is 164 Å². The quantitative estimate of drug-likeness (QED) is 0.176. The number of aromatic nitrogens is 3. The van der Waals surface area contributed by atoms with E-state index in [0.717, 1.165) is 91.7 Å². The fraction of sp³-hybridized carbons (Fsp3) is 0.0769. The Bertz CT molecular complexity index is 2880. The molecule has 0 fully saturated rings. The highest BCUT2D eigenvalue weighted by atomic mass is 16.3. The number of nitrogens with zero attached hydrogens (tertiary/aromatic N) is 4. The molecule has 278 valence electrons. The van der Waals surface area contributed by atoms with Crippen LogP contribution in [0.15, 0.2) is 197 Å². The lowest BCUT2D eigenvalue weighted by Crippen LogP contribution is -2.29. The van der Waals surface area contributed by atoms with E-state index in [1.165, 1.54) is 5.56 Å². The molecule has 7 aromatic carbocycles. The molecule has 1 atom stereocenters. The van der Waals surface area contributed by atoms with Crippen molar-refractivity contribution < 1.29 is 4.42 Å². The second-order valence-corrected chi connectivity index (χ2v) is 14.6. The van der Waals surface area contributed by atoms with Crippen LogP contribution in [0.2, 0.25) is 0 Å². The first-order chi connectivity index (χ1) is 28.7. The summed E-state index contributed by atoms with van der Waals surface area (Å²) in [5, 5.41) is 5.98. The van der Waals surface area contributed by atoms with Gasteiger partial charge in [0, 0.05) is 33.0 Å². The molecule has 0 spiro atoms. The second kappa shape index (κ2) is 15.6. The van der Waals surface area contributed by atoms with Crippen molar-refractivity contribution in [2.24, 2.45) is 4.99 Å². The largest absolute Gasteiger partial charge is 0.456 e. The van der Waals surface area contributed by atoms with Crippen LogP contribution in [0.25, 0.3) is 72.9 Å². The van der Waals surface area contributed by atoms with E-state index < -0.39 is 0 Å². The van der Waals surface area contributed by atoms with Crippen LogP contribution in [-0.2, 0) is 0 Å². The van der Waals surface area contributed by atoms with Crippen molar-refractivity contribution in [3.05, 3.63) is 205 Å². The van der Waals surface area contributed by atoms with Crippen LogP contribution >= 0.6 is 0 Å². The van der Waals surface area contributed by atoms with Gasteiger partial charge in [0.2, 0.25) is 0 Å². The van der Waals surface area contributed by atoms with Crippen LogP contribution in [0, 0.1) is 0 Å². The fourth-order valence-electron chi connectivity index (χ4n) is 7.84. The van der Waals surface area contributed by atoms with E-state index in [-0.39, 0.29) is 6.04 Å². The topological polar surface area (TPSA) is 76.2 Å². The molecule has 0 saturated heterocycles. The van der Waals surface area contributed by atoms with Crippen molar-refractivity contribution in [1.82, 2.24) is 20.3 Å². The lowest BCUT2D eigenvalue weighted by molar-refractivity contribution is 0.568. The molecule has 0 aliphatic carbocycles. The molecule has 2 aromatic heterocycles. The Labute approximate surface area is 337 Å². The van der Waals surface area contributed by atoms with E-state index in [9.17, 15) is 0 Å². The highest BCUT2D eigenvalue weighted by molar-refractivity contribution is 6.19. The lowest BCUT2D eigenvalue weighted by atomic mass is 9.98. The third-order valence-electron chi connectivity index (χ3n) is 10.8. The number of allylic oxidation sites excluding steroid dienone is 1. The van der Waals surface area contributed by atoms with Gasteiger partial charge in [-0.05, 0) is 65.8 Å². The van der Waals surface area contributed by atoms with Crippen LogP contribution in [0.1, 0.15) is 42.0 Å². The van der Waals surface area contributed by atoms with Crippen molar-refractivity contribution in [1.29, 1.82) is 0 Å². The summed E-state index contributed by atoms with van der Waals surface area (Å²) < 4.78 is 6.56. The summed E-state index contributed by atoms with van der Waals surface area (Å²) in [6, 6.07) is 62.5. The molecule has 3 heterocycles. The zero-order chi connectivity index (χ0) is 38.7. The molecular weight excluding hydrogens is 711 g/mol. The number of fused-ring (bicyclic) bond motifs is 3. The Kier molecular flexibility index (Phi) is 9.41. The number of amidine groups is 1. The molecule has 10 rings (SSSR count). The minimum absolute atomic E-state index is 0.0930. The maximum atomic E-state index is 6.56. The van der Waals surface area contributed by atoms with E-state index in [2.05, 4.69) is 121 Å². The van der Waals surface area contributed by atoms with E-state index in [4.69, 9.17) is 24.4 Å². The molecule has 1 N–H and O–H groups in total. The first-order valence-corrected chi connectivity index (χ1v) is 19.8. The van der Waals surface area contributed by atoms with Crippen molar-refractivity contribution >= 4 is 33.5 Å². The number of rotatable bonds is 7. The monoisotopic (exact) mass is 749 g/mol. The average molecular weight is 750 g/mol. The molecule has 9 aromatic rings. The molecule has 1 aliphatic heterocycles. The predicted molar refractivity (Wildman–Crippen MR) is 236 cm³/mol. The van der Waals surface area contributed by atoms with E-state index in [1.54, 1.807) is 0 Å². The summed E-state index contributed by atoms with van der Waals surface area (Å²) in [6.07, 6.45) is 5.24. The smallest absolute Gasteiger partial charge is 0.164 e. The third kappa shape index (κ3) is 7.08. The Morgan fingerprint density at radius 3 is 1.74 bits per heavy atom. The molecule has 0 bridgehead atoms. The Balaban J connectivity index is 1.09. The first-order valence-electron chi connectivity index (χ1n) is 19.8. The van der Waals surface area contributed by atoms with Gasteiger partial charge in [0.15, 0.2) is 17.5 Å². The number of nitrogens with one attached hydrogen (secondary N) is 1.